The second-order valence-corrected chi connectivity index (χ2v) is 6.99. The Hall–Kier alpha value is -2.41. The quantitative estimate of drug-likeness (QED) is 0.773. The van der Waals surface area contributed by atoms with Crippen LogP contribution in [0.3, 0.4) is 0 Å². The van der Waals surface area contributed by atoms with Gasteiger partial charge in [-0.05, 0) is 51.8 Å². The van der Waals surface area contributed by atoms with Gasteiger partial charge in [-0.3, -0.25) is 4.79 Å². The molecule has 2 N–H and O–H groups in total. The molecule has 25 heavy (non-hydrogen) atoms. The Labute approximate surface area is 150 Å². The maximum Gasteiger partial charge on any atom is 0.335 e. The van der Waals surface area contributed by atoms with Crippen LogP contribution in [0, 0.1) is 6.92 Å². The molecule has 1 aromatic carbocycles. The van der Waals surface area contributed by atoms with E-state index >= 15 is 0 Å². The van der Waals surface area contributed by atoms with Gasteiger partial charge in [0.2, 0.25) is 0 Å². The van der Waals surface area contributed by atoms with E-state index in [9.17, 15) is 14.7 Å². The molecule has 1 heterocycles. The predicted molar refractivity (Wildman–Crippen MR) is 98.0 cm³/mol. The summed E-state index contributed by atoms with van der Waals surface area (Å²) in [5.74, 6) is -0.941. The average molecular weight is 362 g/mol. The highest BCUT2D eigenvalue weighted by Gasteiger charge is 2.18. The summed E-state index contributed by atoms with van der Waals surface area (Å²) in [7, 11) is 0. The zero-order valence-electron chi connectivity index (χ0n) is 14.8. The summed E-state index contributed by atoms with van der Waals surface area (Å²) in [6.07, 6.45) is 1.68. The minimum Gasteiger partial charge on any atom is -0.489 e. The smallest absolute Gasteiger partial charge is 0.335 e. The van der Waals surface area contributed by atoms with Gasteiger partial charge in [-0.15, -0.1) is 11.3 Å². The first kappa shape index (κ1) is 18.9. The molecule has 0 unspecified atom stereocenters. The molecular weight excluding hydrogens is 340 g/mol. The van der Waals surface area contributed by atoms with Crippen LogP contribution < -0.4 is 10.1 Å². The maximum absolute atomic E-state index is 12.6. The number of thiazole rings is 1. The number of carboxylic acid groups (broad SMARTS) is 1. The highest BCUT2D eigenvalue weighted by Crippen LogP contribution is 2.29. The van der Waals surface area contributed by atoms with Crippen LogP contribution in [0.4, 0.5) is 5.69 Å². The van der Waals surface area contributed by atoms with Gasteiger partial charge in [-0.2, -0.15) is 0 Å². The van der Waals surface area contributed by atoms with E-state index in [-0.39, 0.29) is 17.6 Å². The highest BCUT2D eigenvalue weighted by atomic mass is 32.1. The first-order valence-electron chi connectivity index (χ1n) is 8.13. The molecular formula is C18H22N2O4S. The van der Waals surface area contributed by atoms with Crippen molar-refractivity contribution in [1.29, 1.82) is 0 Å². The van der Waals surface area contributed by atoms with E-state index in [0.29, 0.717) is 22.0 Å². The van der Waals surface area contributed by atoms with Gasteiger partial charge in [0.05, 0.1) is 28.1 Å². The zero-order valence-corrected chi connectivity index (χ0v) is 15.6. The van der Waals surface area contributed by atoms with E-state index in [0.717, 1.165) is 17.8 Å². The topological polar surface area (TPSA) is 88.5 Å². The van der Waals surface area contributed by atoms with Crippen molar-refractivity contribution in [3.05, 3.63) is 39.3 Å². The van der Waals surface area contributed by atoms with E-state index < -0.39 is 5.97 Å². The molecule has 0 aliphatic rings. The number of carboxylic acids is 1. The highest BCUT2D eigenvalue weighted by molar-refractivity contribution is 7.13. The minimum absolute atomic E-state index is 0.0825. The number of hydrogen-bond acceptors (Lipinski definition) is 5. The molecule has 134 valence electrons. The number of hydrogen-bond donors (Lipinski definition) is 2. The van der Waals surface area contributed by atoms with Gasteiger partial charge in [-0.25, -0.2) is 9.78 Å². The molecule has 0 radical (unpaired) electrons. The second kappa shape index (κ2) is 8.11. The minimum atomic E-state index is -1.06. The molecule has 0 spiro atoms. The fraction of sp³-hybridized carbons (Fsp3) is 0.389. The normalized spacial score (nSPS) is 10.8. The first-order valence-corrected chi connectivity index (χ1v) is 8.95. The van der Waals surface area contributed by atoms with E-state index in [2.05, 4.69) is 17.2 Å². The Bertz CT molecular complexity index is 783. The van der Waals surface area contributed by atoms with Crippen LogP contribution in [-0.2, 0) is 6.42 Å². The van der Waals surface area contributed by atoms with Crippen LogP contribution in [0.2, 0.25) is 0 Å². The number of benzene rings is 1. The number of ether oxygens (including phenoxy) is 1. The number of aromatic carboxylic acids is 1. The van der Waals surface area contributed by atoms with Crippen LogP contribution in [0.1, 0.15) is 57.9 Å². The Morgan fingerprint density at radius 1 is 1.36 bits per heavy atom. The Morgan fingerprint density at radius 2 is 2.08 bits per heavy atom. The molecule has 0 saturated heterocycles. The number of nitrogens with one attached hydrogen (secondary N) is 1. The summed E-state index contributed by atoms with van der Waals surface area (Å²) >= 11 is 1.36. The van der Waals surface area contributed by atoms with Crippen LogP contribution >= 0.6 is 11.3 Å². The average Bonchev–Trinajstić information content (AvgIpc) is 2.89. The third-order valence-corrected chi connectivity index (χ3v) is 4.56. The van der Waals surface area contributed by atoms with Crippen molar-refractivity contribution < 1.29 is 19.4 Å². The lowest BCUT2D eigenvalue weighted by atomic mass is 10.2. The van der Waals surface area contributed by atoms with Gasteiger partial charge in [0, 0.05) is 0 Å². The fourth-order valence-corrected chi connectivity index (χ4v) is 3.34. The summed E-state index contributed by atoms with van der Waals surface area (Å²) in [4.78, 5) is 28.8. The van der Waals surface area contributed by atoms with E-state index in [1.54, 1.807) is 13.0 Å². The number of carbonyl (C=O) groups excluding carboxylic acids is 1. The molecule has 0 bridgehead atoms. The van der Waals surface area contributed by atoms with Crippen molar-refractivity contribution in [3.8, 4) is 5.75 Å². The Morgan fingerprint density at radius 3 is 2.68 bits per heavy atom. The van der Waals surface area contributed by atoms with Crippen molar-refractivity contribution in [2.24, 2.45) is 0 Å². The van der Waals surface area contributed by atoms with Crippen molar-refractivity contribution >= 4 is 28.9 Å². The SMILES string of the molecule is CCCc1nc(C)c(C(=O)Nc2cc(C(=O)O)ccc2OC(C)C)s1. The van der Waals surface area contributed by atoms with Gasteiger partial charge in [-0.1, -0.05) is 6.92 Å². The third-order valence-electron chi connectivity index (χ3n) is 3.35. The lowest BCUT2D eigenvalue weighted by Crippen LogP contribution is -2.15. The molecule has 1 amide bonds. The number of anilines is 1. The van der Waals surface area contributed by atoms with Crippen LogP contribution in [-0.4, -0.2) is 28.1 Å². The number of aryl methyl sites for hydroxylation is 2. The lowest BCUT2D eigenvalue weighted by molar-refractivity contribution is 0.0696. The van der Waals surface area contributed by atoms with Crippen molar-refractivity contribution in [2.75, 3.05) is 5.32 Å². The molecule has 0 aliphatic heterocycles. The van der Waals surface area contributed by atoms with Gasteiger partial charge >= 0.3 is 5.97 Å². The van der Waals surface area contributed by atoms with Gasteiger partial charge in [0.1, 0.15) is 10.6 Å². The maximum atomic E-state index is 12.6. The molecule has 0 saturated carbocycles. The summed E-state index contributed by atoms with van der Waals surface area (Å²) < 4.78 is 5.67. The number of carbonyl (C=O) groups is 2. The number of aromatic nitrogens is 1. The van der Waals surface area contributed by atoms with Crippen LogP contribution in [0.15, 0.2) is 18.2 Å². The lowest BCUT2D eigenvalue weighted by Gasteiger charge is -2.15. The Balaban J connectivity index is 2.32. The van der Waals surface area contributed by atoms with E-state index in [1.807, 2.05) is 13.8 Å². The molecule has 7 heteroatoms. The monoisotopic (exact) mass is 362 g/mol. The standard InChI is InChI=1S/C18H22N2O4S/c1-5-6-15-19-11(4)16(25-15)17(21)20-13-9-12(18(22)23)7-8-14(13)24-10(2)3/h7-10H,5-6H2,1-4H3,(H,20,21)(H,22,23). The van der Waals surface area contributed by atoms with E-state index in [1.165, 1.54) is 23.5 Å². The molecule has 6 nitrogen and oxygen atoms in total. The van der Waals surface area contributed by atoms with E-state index in [4.69, 9.17) is 4.74 Å². The molecule has 0 aliphatic carbocycles. The van der Waals surface area contributed by atoms with Gasteiger partial charge in [0.15, 0.2) is 0 Å². The molecule has 0 atom stereocenters. The van der Waals surface area contributed by atoms with Crippen molar-refractivity contribution in [2.45, 2.75) is 46.6 Å². The van der Waals surface area contributed by atoms with Crippen molar-refractivity contribution in [3.63, 3.8) is 0 Å². The second-order valence-electron chi connectivity index (χ2n) is 5.91. The summed E-state index contributed by atoms with van der Waals surface area (Å²) in [5, 5.41) is 12.9. The Kier molecular flexibility index (Phi) is 6.14. The summed E-state index contributed by atoms with van der Waals surface area (Å²) in [5.41, 5.74) is 1.09. The molecule has 0 fully saturated rings. The van der Waals surface area contributed by atoms with Crippen LogP contribution in [0.25, 0.3) is 0 Å². The fourth-order valence-electron chi connectivity index (χ4n) is 2.28. The first-order chi connectivity index (χ1) is 11.8. The van der Waals surface area contributed by atoms with Crippen LogP contribution in [0.5, 0.6) is 5.75 Å². The third kappa shape index (κ3) is 4.79. The van der Waals surface area contributed by atoms with Gasteiger partial charge in [0.25, 0.3) is 5.91 Å². The zero-order chi connectivity index (χ0) is 18.6. The van der Waals surface area contributed by atoms with Crippen molar-refractivity contribution in [1.82, 2.24) is 4.98 Å². The molecule has 2 rings (SSSR count). The summed E-state index contributed by atoms with van der Waals surface area (Å²) in [6.45, 7) is 7.58. The number of nitrogens with zero attached hydrogens (tertiary/aromatic N) is 1. The molecule has 2 aromatic rings. The number of amides is 1. The number of rotatable bonds is 7. The predicted octanol–water partition coefficient (Wildman–Crippen LogP) is 4.14. The van der Waals surface area contributed by atoms with Gasteiger partial charge < -0.3 is 15.2 Å². The largest absolute Gasteiger partial charge is 0.489 e. The summed E-state index contributed by atoms with van der Waals surface area (Å²) in [6, 6.07) is 4.41. The molecule has 1 aromatic heterocycles.